The van der Waals surface area contributed by atoms with Gasteiger partial charge in [0.2, 0.25) is 11.8 Å². The van der Waals surface area contributed by atoms with E-state index in [0.717, 1.165) is 47.2 Å². The average molecular weight is 336 g/mol. The van der Waals surface area contributed by atoms with Crippen molar-refractivity contribution in [1.29, 1.82) is 0 Å². The first-order chi connectivity index (χ1) is 10.7. The van der Waals surface area contributed by atoms with Crippen molar-refractivity contribution in [1.82, 2.24) is 0 Å². The Bertz CT molecular complexity index is 487. The molecule has 4 nitrogen and oxygen atoms in total. The molecule has 2 N–H and O–H groups in total. The van der Waals surface area contributed by atoms with Gasteiger partial charge in [0.05, 0.1) is 0 Å². The lowest BCUT2D eigenvalue weighted by atomic mass is 10.1. The lowest BCUT2D eigenvalue weighted by molar-refractivity contribution is -0.119. The van der Waals surface area contributed by atoms with Gasteiger partial charge in [-0.2, -0.15) is 23.5 Å². The van der Waals surface area contributed by atoms with E-state index in [0.29, 0.717) is 0 Å². The van der Waals surface area contributed by atoms with Gasteiger partial charge in [-0.15, -0.1) is 0 Å². The Hall–Kier alpha value is -1.14. The highest BCUT2D eigenvalue weighted by Gasteiger charge is 2.24. The van der Waals surface area contributed by atoms with Crippen LogP contribution < -0.4 is 10.6 Å². The van der Waals surface area contributed by atoms with Gasteiger partial charge >= 0.3 is 0 Å². The number of anilines is 2. The second-order valence-corrected chi connectivity index (χ2v) is 7.98. The maximum Gasteiger partial charge on any atom is 0.228 e. The number of hydrogen-bond acceptors (Lipinski definition) is 4. The summed E-state index contributed by atoms with van der Waals surface area (Å²) in [6.07, 6.45) is 1.92. The first kappa shape index (κ1) is 15.7. The third-order valence-electron chi connectivity index (χ3n) is 4.02. The van der Waals surface area contributed by atoms with E-state index >= 15 is 0 Å². The molecule has 2 heterocycles. The predicted octanol–water partition coefficient (Wildman–Crippen LogP) is 3.07. The molecule has 0 spiro atoms. The first-order valence-electron chi connectivity index (χ1n) is 7.59. The molecule has 0 radical (unpaired) electrons. The molecular formula is C16H20N2O2S2. The fourth-order valence-electron chi connectivity index (χ4n) is 2.61. The molecule has 2 atom stereocenters. The van der Waals surface area contributed by atoms with E-state index in [4.69, 9.17) is 0 Å². The summed E-state index contributed by atoms with van der Waals surface area (Å²) in [6, 6.07) is 7.38. The van der Waals surface area contributed by atoms with Crippen molar-refractivity contribution in [3.63, 3.8) is 0 Å². The highest BCUT2D eigenvalue weighted by atomic mass is 32.2. The zero-order valence-corrected chi connectivity index (χ0v) is 14.0. The zero-order valence-electron chi connectivity index (χ0n) is 12.3. The number of carbonyl (C=O) groups excluding carboxylic acids is 2. The molecule has 2 saturated heterocycles. The van der Waals surface area contributed by atoms with Crippen molar-refractivity contribution in [3.8, 4) is 0 Å². The fraction of sp³-hybridized carbons (Fsp3) is 0.500. The summed E-state index contributed by atoms with van der Waals surface area (Å²) in [5.74, 6) is 4.44. The van der Waals surface area contributed by atoms with Crippen molar-refractivity contribution in [2.75, 3.05) is 33.6 Å². The maximum atomic E-state index is 12.1. The summed E-state index contributed by atoms with van der Waals surface area (Å²) in [7, 11) is 0. The largest absolute Gasteiger partial charge is 0.326 e. The summed E-state index contributed by atoms with van der Waals surface area (Å²) in [5.41, 5.74) is 1.58. The number of hydrogen-bond donors (Lipinski definition) is 2. The van der Waals surface area contributed by atoms with E-state index < -0.39 is 0 Å². The topological polar surface area (TPSA) is 58.2 Å². The van der Waals surface area contributed by atoms with E-state index in [2.05, 4.69) is 10.6 Å². The molecular weight excluding hydrogens is 316 g/mol. The minimum absolute atomic E-state index is 0.102. The second kappa shape index (κ2) is 7.42. The first-order valence-corrected chi connectivity index (χ1v) is 9.90. The molecule has 0 aliphatic carbocycles. The lowest BCUT2D eigenvalue weighted by Crippen LogP contribution is -2.23. The summed E-state index contributed by atoms with van der Waals surface area (Å²) in [6.45, 7) is 0. The number of benzene rings is 1. The summed E-state index contributed by atoms with van der Waals surface area (Å²) >= 11 is 3.66. The SMILES string of the molecule is O=C(Nc1ccc(NC(=O)C2CCSC2)cc1)C1CCSC1. The zero-order chi connectivity index (χ0) is 15.4. The number of amides is 2. The Labute approximate surface area is 139 Å². The molecule has 3 rings (SSSR count). The Kier molecular flexibility index (Phi) is 5.31. The van der Waals surface area contributed by atoms with E-state index in [9.17, 15) is 9.59 Å². The Morgan fingerprint density at radius 1 is 0.818 bits per heavy atom. The van der Waals surface area contributed by atoms with Gasteiger partial charge < -0.3 is 10.6 Å². The van der Waals surface area contributed by atoms with Gasteiger partial charge in [0.1, 0.15) is 0 Å². The van der Waals surface area contributed by atoms with Crippen molar-refractivity contribution < 1.29 is 9.59 Å². The molecule has 1 aromatic carbocycles. The summed E-state index contributed by atoms with van der Waals surface area (Å²) in [5, 5.41) is 5.90. The standard InChI is InChI=1S/C16H20N2O2S2/c19-15(11-5-7-21-9-11)17-13-1-2-14(4-3-13)18-16(20)12-6-8-22-10-12/h1-4,11-12H,5-10H2,(H,17,19)(H,18,20). The molecule has 0 saturated carbocycles. The maximum absolute atomic E-state index is 12.1. The van der Waals surface area contributed by atoms with Crippen LogP contribution in [0, 0.1) is 11.8 Å². The third-order valence-corrected chi connectivity index (χ3v) is 6.35. The number of carbonyl (C=O) groups is 2. The van der Waals surface area contributed by atoms with E-state index in [-0.39, 0.29) is 23.7 Å². The van der Waals surface area contributed by atoms with Crippen LogP contribution in [0.25, 0.3) is 0 Å². The molecule has 2 amide bonds. The Balaban J connectivity index is 1.53. The molecule has 0 aromatic heterocycles. The third kappa shape index (κ3) is 3.98. The number of thioether (sulfide) groups is 2. The van der Waals surface area contributed by atoms with Crippen LogP contribution in [0.15, 0.2) is 24.3 Å². The lowest BCUT2D eigenvalue weighted by Gasteiger charge is -2.12. The van der Waals surface area contributed by atoms with Gasteiger partial charge in [0, 0.05) is 34.7 Å². The highest BCUT2D eigenvalue weighted by Crippen LogP contribution is 2.26. The summed E-state index contributed by atoms with van der Waals surface area (Å²) in [4.78, 5) is 24.1. The minimum atomic E-state index is 0.102. The van der Waals surface area contributed by atoms with Crippen LogP contribution >= 0.6 is 23.5 Å². The van der Waals surface area contributed by atoms with Crippen LogP contribution in [0.5, 0.6) is 0 Å². The Morgan fingerprint density at radius 3 is 1.55 bits per heavy atom. The average Bonchev–Trinajstić information content (AvgIpc) is 3.23. The predicted molar refractivity (Wildman–Crippen MR) is 94.6 cm³/mol. The molecule has 2 aliphatic rings. The second-order valence-electron chi connectivity index (χ2n) is 5.68. The van der Waals surface area contributed by atoms with Crippen LogP contribution in [0.4, 0.5) is 11.4 Å². The fourth-order valence-corrected chi connectivity index (χ4v) is 5.05. The highest BCUT2D eigenvalue weighted by molar-refractivity contribution is 7.99. The van der Waals surface area contributed by atoms with Crippen LogP contribution in [0.1, 0.15) is 12.8 Å². The van der Waals surface area contributed by atoms with Crippen molar-refractivity contribution in [2.24, 2.45) is 11.8 Å². The van der Waals surface area contributed by atoms with Gasteiger partial charge in [-0.3, -0.25) is 9.59 Å². The van der Waals surface area contributed by atoms with Crippen LogP contribution in [-0.4, -0.2) is 34.8 Å². The van der Waals surface area contributed by atoms with Gasteiger partial charge in [0.15, 0.2) is 0 Å². The van der Waals surface area contributed by atoms with Crippen LogP contribution in [-0.2, 0) is 9.59 Å². The van der Waals surface area contributed by atoms with Gasteiger partial charge in [0.25, 0.3) is 0 Å². The van der Waals surface area contributed by atoms with Gasteiger partial charge in [-0.1, -0.05) is 0 Å². The van der Waals surface area contributed by atoms with Gasteiger partial charge in [-0.25, -0.2) is 0 Å². The van der Waals surface area contributed by atoms with E-state index in [1.165, 1.54) is 0 Å². The molecule has 1 aromatic rings. The molecule has 6 heteroatoms. The van der Waals surface area contributed by atoms with Crippen molar-refractivity contribution >= 4 is 46.7 Å². The Morgan fingerprint density at radius 2 is 1.23 bits per heavy atom. The number of rotatable bonds is 4. The smallest absolute Gasteiger partial charge is 0.228 e. The molecule has 2 aliphatic heterocycles. The monoisotopic (exact) mass is 336 g/mol. The van der Waals surface area contributed by atoms with Gasteiger partial charge in [-0.05, 0) is 48.6 Å². The van der Waals surface area contributed by atoms with E-state index in [1.54, 1.807) is 0 Å². The molecule has 2 unspecified atom stereocenters. The normalized spacial score (nSPS) is 24.2. The van der Waals surface area contributed by atoms with Crippen molar-refractivity contribution in [2.45, 2.75) is 12.8 Å². The molecule has 2 fully saturated rings. The molecule has 22 heavy (non-hydrogen) atoms. The van der Waals surface area contributed by atoms with E-state index in [1.807, 2.05) is 47.8 Å². The van der Waals surface area contributed by atoms with Crippen LogP contribution in [0.2, 0.25) is 0 Å². The number of nitrogens with one attached hydrogen (secondary N) is 2. The molecule has 118 valence electrons. The summed E-state index contributed by atoms with van der Waals surface area (Å²) < 4.78 is 0. The quantitative estimate of drug-likeness (QED) is 0.887. The minimum Gasteiger partial charge on any atom is -0.326 e. The van der Waals surface area contributed by atoms with Crippen LogP contribution in [0.3, 0.4) is 0 Å². The van der Waals surface area contributed by atoms with Crippen molar-refractivity contribution in [3.05, 3.63) is 24.3 Å². The molecule has 0 bridgehead atoms.